The summed E-state index contributed by atoms with van der Waals surface area (Å²) < 4.78 is 11.2. The Hall–Kier alpha value is -1.59. The van der Waals surface area contributed by atoms with Crippen LogP contribution in [-0.2, 0) is 14.3 Å². The molecule has 0 aromatic carbocycles. The average molecular weight is 864 g/mol. The van der Waals surface area contributed by atoms with Gasteiger partial charge in [-0.05, 0) is 44.9 Å². The van der Waals surface area contributed by atoms with Gasteiger partial charge in [0, 0.05) is 6.42 Å². The number of aliphatic hydroxyl groups is 5. The van der Waals surface area contributed by atoms with E-state index in [1.165, 1.54) is 141 Å². The number of carbonyl (C=O) groups excluding carboxylic acids is 1. The Balaban J connectivity index is 2.27. The minimum Gasteiger partial charge on any atom is -0.394 e. The van der Waals surface area contributed by atoms with Crippen LogP contribution in [0.3, 0.4) is 0 Å². The van der Waals surface area contributed by atoms with Gasteiger partial charge in [-0.2, -0.15) is 0 Å². The highest BCUT2D eigenvalue weighted by Gasteiger charge is 2.44. The highest BCUT2D eigenvalue weighted by molar-refractivity contribution is 5.76. The number of hydrogen-bond acceptors (Lipinski definition) is 8. The molecule has 0 bridgehead atoms. The summed E-state index contributed by atoms with van der Waals surface area (Å²) in [4.78, 5) is 13.0. The molecule has 1 aliphatic rings. The topological polar surface area (TPSA) is 149 Å². The quantitative estimate of drug-likeness (QED) is 0.0262. The summed E-state index contributed by atoms with van der Waals surface area (Å²) in [5.41, 5.74) is 0. The van der Waals surface area contributed by atoms with Crippen molar-refractivity contribution in [2.24, 2.45) is 0 Å². The summed E-state index contributed by atoms with van der Waals surface area (Å²) in [5.74, 6) is -0.190. The summed E-state index contributed by atoms with van der Waals surface area (Å²) in [5, 5.41) is 54.3. The Morgan fingerprint density at radius 2 is 0.984 bits per heavy atom. The number of aliphatic hydroxyl groups excluding tert-OH is 5. The smallest absolute Gasteiger partial charge is 0.220 e. The van der Waals surface area contributed by atoms with E-state index in [4.69, 9.17) is 9.47 Å². The lowest BCUT2D eigenvalue weighted by Crippen LogP contribution is -2.60. The predicted octanol–water partition coefficient (Wildman–Crippen LogP) is 11.6. The van der Waals surface area contributed by atoms with Crippen LogP contribution in [0.15, 0.2) is 36.5 Å². The van der Waals surface area contributed by atoms with E-state index in [2.05, 4.69) is 43.5 Å². The van der Waals surface area contributed by atoms with Gasteiger partial charge >= 0.3 is 0 Å². The molecule has 358 valence electrons. The second-order valence-corrected chi connectivity index (χ2v) is 18.0. The van der Waals surface area contributed by atoms with Crippen LogP contribution in [-0.4, -0.2) is 87.5 Å². The third kappa shape index (κ3) is 32.7. The van der Waals surface area contributed by atoms with E-state index < -0.39 is 49.5 Å². The number of allylic oxidation sites excluding steroid dienone is 5. The van der Waals surface area contributed by atoms with E-state index >= 15 is 0 Å². The fraction of sp³-hybridized carbons (Fsp3) is 0.865. The first-order valence-electron chi connectivity index (χ1n) is 25.7. The zero-order valence-electron chi connectivity index (χ0n) is 39.4. The van der Waals surface area contributed by atoms with Gasteiger partial charge in [0.1, 0.15) is 24.4 Å². The molecule has 9 nitrogen and oxygen atoms in total. The lowest BCUT2D eigenvalue weighted by atomic mass is 9.99. The highest BCUT2D eigenvalue weighted by atomic mass is 16.7. The Morgan fingerprint density at radius 3 is 1.46 bits per heavy atom. The molecule has 0 saturated carbocycles. The second kappa shape index (κ2) is 42.4. The van der Waals surface area contributed by atoms with E-state index in [0.29, 0.717) is 6.42 Å². The molecule has 0 aliphatic carbocycles. The van der Waals surface area contributed by atoms with Crippen molar-refractivity contribution in [1.82, 2.24) is 5.32 Å². The normalized spacial score (nSPS) is 20.7. The van der Waals surface area contributed by atoms with Crippen LogP contribution in [0.5, 0.6) is 0 Å². The molecule has 1 heterocycles. The number of rotatable bonds is 43. The van der Waals surface area contributed by atoms with Gasteiger partial charge in [0.2, 0.25) is 5.91 Å². The molecule has 7 unspecified atom stereocenters. The number of amides is 1. The molecule has 9 heteroatoms. The van der Waals surface area contributed by atoms with Crippen LogP contribution in [0.4, 0.5) is 0 Å². The zero-order chi connectivity index (χ0) is 44.4. The van der Waals surface area contributed by atoms with Crippen molar-refractivity contribution < 1.29 is 39.8 Å². The van der Waals surface area contributed by atoms with Gasteiger partial charge in [-0.1, -0.05) is 217 Å². The van der Waals surface area contributed by atoms with Gasteiger partial charge in [0.25, 0.3) is 0 Å². The van der Waals surface area contributed by atoms with Crippen molar-refractivity contribution in [2.75, 3.05) is 13.2 Å². The second-order valence-electron chi connectivity index (χ2n) is 18.0. The maximum atomic E-state index is 13.0. The lowest BCUT2D eigenvalue weighted by molar-refractivity contribution is -0.302. The maximum absolute atomic E-state index is 13.0. The van der Waals surface area contributed by atoms with Gasteiger partial charge in [-0.3, -0.25) is 4.79 Å². The molecule has 7 atom stereocenters. The van der Waals surface area contributed by atoms with Crippen LogP contribution in [0.25, 0.3) is 0 Å². The third-order valence-corrected chi connectivity index (χ3v) is 12.2. The van der Waals surface area contributed by atoms with Crippen LogP contribution in [0, 0.1) is 0 Å². The van der Waals surface area contributed by atoms with Crippen molar-refractivity contribution in [3.63, 3.8) is 0 Å². The molecule has 61 heavy (non-hydrogen) atoms. The van der Waals surface area contributed by atoms with E-state index in [1.807, 2.05) is 6.08 Å². The number of nitrogens with one attached hydrogen (secondary N) is 1. The Morgan fingerprint density at radius 1 is 0.557 bits per heavy atom. The van der Waals surface area contributed by atoms with Gasteiger partial charge < -0.3 is 40.3 Å². The summed E-state index contributed by atoms with van der Waals surface area (Å²) in [6.07, 6.45) is 46.3. The molecule has 1 fully saturated rings. The minimum atomic E-state index is -1.57. The predicted molar refractivity (Wildman–Crippen MR) is 253 cm³/mol. The number of unbranched alkanes of at least 4 members (excludes halogenated alkanes) is 29. The maximum Gasteiger partial charge on any atom is 0.220 e. The Bertz CT molecular complexity index is 1050. The first-order chi connectivity index (χ1) is 29.8. The van der Waals surface area contributed by atoms with Crippen molar-refractivity contribution in [2.45, 2.75) is 275 Å². The summed E-state index contributed by atoms with van der Waals surface area (Å²) in [6, 6.07) is -0.811. The zero-order valence-corrected chi connectivity index (χ0v) is 39.4. The van der Waals surface area contributed by atoms with Crippen LogP contribution < -0.4 is 5.32 Å². The lowest BCUT2D eigenvalue weighted by Gasteiger charge is -2.40. The standard InChI is InChI=1S/C52H97NO8/c1-3-5-7-9-11-13-15-17-19-20-21-22-23-24-25-26-27-28-29-31-33-35-37-39-41-46(55)45(44-60-52-51(59)50(58)49(57)47(43-54)61-52)53-48(56)42-40-38-36-34-32-30-18-16-14-12-10-8-6-4-2/h10,12,16,18,39,41,45-47,49-52,54-55,57-59H,3-9,11,13-15,17,19-38,40,42-44H2,1-2H3,(H,53,56)/b12-10-,18-16-,41-39+. The van der Waals surface area contributed by atoms with E-state index in [-0.39, 0.29) is 12.5 Å². The molecule has 1 saturated heterocycles. The first-order valence-corrected chi connectivity index (χ1v) is 25.7. The van der Waals surface area contributed by atoms with E-state index in [9.17, 15) is 30.3 Å². The van der Waals surface area contributed by atoms with Gasteiger partial charge in [0.05, 0.1) is 25.4 Å². The molecular formula is C52H97NO8. The molecule has 0 spiro atoms. The van der Waals surface area contributed by atoms with Gasteiger partial charge in [0.15, 0.2) is 6.29 Å². The van der Waals surface area contributed by atoms with Crippen LogP contribution in [0.1, 0.15) is 232 Å². The Labute approximate surface area is 374 Å². The summed E-state index contributed by atoms with van der Waals surface area (Å²) in [7, 11) is 0. The summed E-state index contributed by atoms with van der Waals surface area (Å²) >= 11 is 0. The van der Waals surface area contributed by atoms with E-state index in [1.54, 1.807) is 6.08 Å². The van der Waals surface area contributed by atoms with E-state index in [0.717, 1.165) is 70.6 Å². The average Bonchev–Trinajstić information content (AvgIpc) is 3.26. The molecule has 1 amide bonds. The molecular weight excluding hydrogens is 767 g/mol. The molecule has 1 rings (SSSR count). The SMILES string of the molecule is CCCC/C=C\C/C=C\CCCCCCCC(=O)NC(COC1OC(CO)C(O)C(O)C1O)C(O)/C=C/CCCCCCCCCCCCCCCCCCCCCCCC. The molecule has 0 radical (unpaired) electrons. The largest absolute Gasteiger partial charge is 0.394 e. The number of ether oxygens (including phenoxy) is 2. The first kappa shape index (κ1) is 57.4. The molecule has 1 aliphatic heterocycles. The summed E-state index contributed by atoms with van der Waals surface area (Å²) in [6.45, 7) is 3.74. The fourth-order valence-corrected chi connectivity index (χ4v) is 8.06. The fourth-order valence-electron chi connectivity index (χ4n) is 8.06. The molecule has 0 aromatic heterocycles. The number of hydrogen-bond donors (Lipinski definition) is 6. The minimum absolute atomic E-state index is 0.190. The van der Waals surface area contributed by atoms with Crippen LogP contribution >= 0.6 is 0 Å². The van der Waals surface area contributed by atoms with Crippen LogP contribution in [0.2, 0.25) is 0 Å². The van der Waals surface area contributed by atoms with Crippen molar-refractivity contribution in [3.05, 3.63) is 36.5 Å². The third-order valence-electron chi connectivity index (χ3n) is 12.2. The molecule has 6 N–H and O–H groups in total. The van der Waals surface area contributed by atoms with Crippen molar-refractivity contribution in [3.8, 4) is 0 Å². The highest BCUT2D eigenvalue weighted by Crippen LogP contribution is 2.23. The van der Waals surface area contributed by atoms with Crippen molar-refractivity contribution >= 4 is 5.91 Å². The number of carbonyl (C=O) groups is 1. The monoisotopic (exact) mass is 864 g/mol. The van der Waals surface area contributed by atoms with Gasteiger partial charge in [-0.15, -0.1) is 0 Å². The van der Waals surface area contributed by atoms with Crippen molar-refractivity contribution in [1.29, 1.82) is 0 Å². The molecule has 0 aromatic rings. The Kier molecular flexibility index (Phi) is 39.9. The van der Waals surface area contributed by atoms with Gasteiger partial charge in [-0.25, -0.2) is 0 Å².